The van der Waals surface area contributed by atoms with Crippen molar-refractivity contribution in [2.75, 3.05) is 37.0 Å². The molecule has 0 aliphatic rings. The summed E-state index contributed by atoms with van der Waals surface area (Å²) in [5.74, 6) is 2.05. The van der Waals surface area contributed by atoms with E-state index < -0.39 is 0 Å². The summed E-state index contributed by atoms with van der Waals surface area (Å²) in [5.41, 5.74) is 1.44. The number of anilines is 2. The first-order valence-electron chi connectivity index (χ1n) is 10.4. The Balaban J connectivity index is 1.46. The summed E-state index contributed by atoms with van der Waals surface area (Å²) in [6.07, 6.45) is 0.931. The molecule has 1 amide bonds. The largest absolute Gasteiger partial charge is 0.494 e. The number of benzene rings is 3. The third kappa shape index (κ3) is 7.59. The molecule has 6 heteroatoms. The molecule has 31 heavy (non-hydrogen) atoms. The van der Waals surface area contributed by atoms with Gasteiger partial charge in [0.05, 0.1) is 18.8 Å². The van der Waals surface area contributed by atoms with Crippen molar-refractivity contribution in [1.82, 2.24) is 0 Å². The van der Waals surface area contributed by atoms with Gasteiger partial charge in [-0.2, -0.15) is 0 Å². The fourth-order valence-electron chi connectivity index (χ4n) is 2.83. The molecule has 0 atom stereocenters. The lowest BCUT2D eigenvalue weighted by atomic mass is 10.3. The van der Waals surface area contributed by atoms with Crippen molar-refractivity contribution in [3.05, 3.63) is 78.9 Å². The van der Waals surface area contributed by atoms with Crippen LogP contribution in [-0.4, -0.2) is 32.3 Å². The zero-order valence-electron chi connectivity index (χ0n) is 17.7. The number of amides is 1. The summed E-state index contributed by atoms with van der Waals surface area (Å²) in [4.78, 5) is 12.4. The predicted molar refractivity (Wildman–Crippen MR) is 123 cm³/mol. The smallest absolute Gasteiger partial charge is 0.243 e. The number of hydrogen-bond donors (Lipinski definition) is 2. The number of ether oxygens (including phenoxy) is 3. The molecule has 162 valence electrons. The van der Waals surface area contributed by atoms with Gasteiger partial charge in [0.2, 0.25) is 5.91 Å². The van der Waals surface area contributed by atoms with Gasteiger partial charge in [-0.15, -0.1) is 0 Å². The zero-order valence-corrected chi connectivity index (χ0v) is 17.7. The highest BCUT2D eigenvalue weighted by Gasteiger charge is 2.07. The van der Waals surface area contributed by atoms with Gasteiger partial charge in [0, 0.05) is 11.8 Å². The molecular formula is C25H28N2O4. The second-order valence-electron chi connectivity index (χ2n) is 6.78. The lowest BCUT2D eigenvalue weighted by molar-refractivity contribution is -0.114. The van der Waals surface area contributed by atoms with Crippen LogP contribution in [-0.2, 0) is 4.79 Å². The maximum atomic E-state index is 12.4. The normalized spacial score (nSPS) is 10.2. The molecule has 3 aromatic rings. The van der Waals surface area contributed by atoms with E-state index in [0.717, 1.165) is 23.6 Å². The monoisotopic (exact) mass is 420 g/mol. The van der Waals surface area contributed by atoms with Crippen LogP contribution < -0.4 is 24.8 Å². The molecule has 0 radical (unpaired) electrons. The molecule has 0 aromatic heterocycles. The van der Waals surface area contributed by atoms with E-state index in [1.807, 2.05) is 78.9 Å². The van der Waals surface area contributed by atoms with Crippen LogP contribution in [0.1, 0.15) is 13.3 Å². The zero-order chi connectivity index (χ0) is 21.7. The average Bonchev–Trinajstić information content (AvgIpc) is 2.81. The fourth-order valence-corrected chi connectivity index (χ4v) is 2.83. The maximum absolute atomic E-state index is 12.4. The quantitative estimate of drug-likeness (QED) is 0.404. The number of para-hydroxylation sites is 3. The topological polar surface area (TPSA) is 68.8 Å². The SMILES string of the molecule is CCCOc1cccc(NC(=O)CNc2ccccc2OCCOc2ccccc2)c1. The molecule has 0 aliphatic carbocycles. The minimum absolute atomic E-state index is 0.112. The van der Waals surface area contributed by atoms with Crippen LogP contribution in [0.2, 0.25) is 0 Å². The second kappa shape index (κ2) is 12.1. The van der Waals surface area contributed by atoms with Crippen molar-refractivity contribution in [2.24, 2.45) is 0 Å². The van der Waals surface area contributed by atoms with Crippen LogP contribution in [0.3, 0.4) is 0 Å². The summed E-state index contributed by atoms with van der Waals surface area (Å²) >= 11 is 0. The van der Waals surface area contributed by atoms with Crippen LogP contribution in [0.25, 0.3) is 0 Å². The minimum atomic E-state index is -0.158. The second-order valence-corrected chi connectivity index (χ2v) is 6.78. The number of hydrogen-bond acceptors (Lipinski definition) is 5. The van der Waals surface area contributed by atoms with Crippen molar-refractivity contribution in [3.8, 4) is 17.2 Å². The Hall–Kier alpha value is -3.67. The first-order valence-corrected chi connectivity index (χ1v) is 10.4. The highest BCUT2D eigenvalue weighted by atomic mass is 16.5. The first-order chi connectivity index (χ1) is 15.2. The van der Waals surface area contributed by atoms with Gasteiger partial charge < -0.3 is 24.8 Å². The summed E-state index contributed by atoms with van der Waals surface area (Å²) in [7, 11) is 0. The van der Waals surface area contributed by atoms with Crippen LogP contribution in [0.4, 0.5) is 11.4 Å². The van der Waals surface area contributed by atoms with E-state index in [2.05, 4.69) is 17.6 Å². The minimum Gasteiger partial charge on any atom is -0.494 e. The Kier molecular flexibility index (Phi) is 8.61. The summed E-state index contributed by atoms with van der Waals surface area (Å²) in [6, 6.07) is 24.5. The third-order valence-electron chi connectivity index (χ3n) is 4.27. The van der Waals surface area contributed by atoms with Crippen molar-refractivity contribution < 1.29 is 19.0 Å². The van der Waals surface area contributed by atoms with Gasteiger partial charge in [-0.3, -0.25) is 4.79 Å². The molecule has 3 aromatic carbocycles. The summed E-state index contributed by atoms with van der Waals surface area (Å²) < 4.78 is 17.1. The van der Waals surface area contributed by atoms with Gasteiger partial charge >= 0.3 is 0 Å². The van der Waals surface area contributed by atoms with E-state index in [-0.39, 0.29) is 12.5 Å². The van der Waals surface area contributed by atoms with Crippen molar-refractivity contribution in [1.29, 1.82) is 0 Å². The van der Waals surface area contributed by atoms with Crippen LogP contribution in [0, 0.1) is 0 Å². The number of carbonyl (C=O) groups is 1. The van der Waals surface area contributed by atoms with Gasteiger partial charge in [-0.1, -0.05) is 43.3 Å². The molecule has 0 saturated heterocycles. The van der Waals surface area contributed by atoms with Gasteiger partial charge in [0.15, 0.2) is 0 Å². The standard InChI is InChI=1S/C25H28N2O4/c1-2-15-29-22-12-8-9-20(18-22)27-25(28)19-26-23-13-6-7-14-24(23)31-17-16-30-21-10-4-3-5-11-21/h3-14,18,26H,2,15-17,19H2,1H3,(H,27,28). The molecule has 3 rings (SSSR count). The Morgan fingerprint density at radius 2 is 1.48 bits per heavy atom. The molecule has 6 nitrogen and oxygen atoms in total. The number of carbonyl (C=O) groups excluding carboxylic acids is 1. The number of nitrogens with one attached hydrogen (secondary N) is 2. The highest BCUT2D eigenvalue weighted by molar-refractivity contribution is 5.94. The van der Waals surface area contributed by atoms with Gasteiger partial charge in [0.25, 0.3) is 0 Å². The fraction of sp³-hybridized carbons (Fsp3) is 0.240. The van der Waals surface area contributed by atoms with Crippen molar-refractivity contribution in [3.63, 3.8) is 0 Å². The molecular weight excluding hydrogens is 392 g/mol. The van der Waals surface area contributed by atoms with E-state index >= 15 is 0 Å². The van der Waals surface area contributed by atoms with E-state index in [1.165, 1.54) is 0 Å². The molecule has 2 N–H and O–H groups in total. The molecule has 0 saturated carbocycles. The van der Waals surface area contributed by atoms with Crippen molar-refractivity contribution in [2.45, 2.75) is 13.3 Å². The third-order valence-corrected chi connectivity index (χ3v) is 4.27. The highest BCUT2D eigenvalue weighted by Crippen LogP contribution is 2.24. The molecule has 0 heterocycles. The van der Waals surface area contributed by atoms with Gasteiger partial charge in [0.1, 0.15) is 30.5 Å². The Morgan fingerprint density at radius 1 is 0.774 bits per heavy atom. The lowest BCUT2D eigenvalue weighted by Crippen LogP contribution is -2.22. The van der Waals surface area contributed by atoms with E-state index in [1.54, 1.807) is 0 Å². The van der Waals surface area contributed by atoms with E-state index in [9.17, 15) is 4.79 Å². The predicted octanol–water partition coefficient (Wildman–Crippen LogP) is 4.98. The van der Waals surface area contributed by atoms with Gasteiger partial charge in [-0.25, -0.2) is 0 Å². The Bertz CT molecular complexity index is 947. The lowest BCUT2D eigenvalue weighted by Gasteiger charge is -2.14. The maximum Gasteiger partial charge on any atom is 0.243 e. The molecule has 0 bridgehead atoms. The molecule has 0 unspecified atom stereocenters. The Morgan fingerprint density at radius 3 is 2.32 bits per heavy atom. The molecule has 0 aliphatic heterocycles. The van der Waals surface area contributed by atoms with Crippen molar-refractivity contribution >= 4 is 17.3 Å². The first kappa shape index (κ1) is 22.0. The van der Waals surface area contributed by atoms with Crippen LogP contribution >= 0.6 is 0 Å². The molecule has 0 spiro atoms. The number of rotatable bonds is 12. The van der Waals surface area contributed by atoms with E-state index in [4.69, 9.17) is 14.2 Å². The Labute approximate surface area is 183 Å². The molecule has 0 fully saturated rings. The van der Waals surface area contributed by atoms with E-state index in [0.29, 0.717) is 31.3 Å². The van der Waals surface area contributed by atoms with Crippen LogP contribution in [0.5, 0.6) is 17.2 Å². The summed E-state index contributed by atoms with van der Waals surface area (Å²) in [6.45, 7) is 3.63. The summed E-state index contributed by atoms with van der Waals surface area (Å²) in [5, 5.41) is 6.01. The van der Waals surface area contributed by atoms with Crippen LogP contribution in [0.15, 0.2) is 78.9 Å². The van der Waals surface area contributed by atoms with Gasteiger partial charge in [-0.05, 0) is 42.8 Å². The average molecular weight is 421 g/mol.